The van der Waals surface area contributed by atoms with Crippen LogP contribution in [0.1, 0.15) is 68.1 Å². The van der Waals surface area contributed by atoms with Gasteiger partial charge in [0.25, 0.3) is 0 Å². The van der Waals surface area contributed by atoms with E-state index in [0.717, 1.165) is 86.6 Å². The van der Waals surface area contributed by atoms with E-state index in [-0.39, 0.29) is 49.8 Å². The van der Waals surface area contributed by atoms with Crippen LogP contribution in [0.2, 0.25) is 5.02 Å². The quantitative estimate of drug-likeness (QED) is 0.113. The molecule has 4 aromatic carbocycles. The Balaban J connectivity index is 1.08. The molecule has 3 N–H and O–H groups in total. The van der Waals surface area contributed by atoms with Crippen molar-refractivity contribution in [2.45, 2.75) is 89.1 Å². The summed E-state index contributed by atoms with van der Waals surface area (Å²) in [5.74, 6) is 0.467. The highest BCUT2D eigenvalue weighted by Gasteiger charge is 2.45. The van der Waals surface area contributed by atoms with E-state index in [1.165, 1.54) is 16.9 Å². The van der Waals surface area contributed by atoms with Gasteiger partial charge in [-0.2, -0.15) is 0 Å². The van der Waals surface area contributed by atoms with Crippen LogP contribution < -0.4 is 20.5 Å². The molecule has 12 nitrogen and oxygen atoms in total. The van der Waals surface area contributed by atoms with Gasteiger partial charge in [0.15, 0.2) is 5.75 Å². The fourth-order valence-corrected chi connectivity index (χ4v) is 10.3. The van der Waals surface area contributed by atoms with Gasteiger partial charge in [-0.1, -0.05) is 90.8 Å². The van der Waals surface area contributed by atoms with E-state index in [9.17, 15) is 9.59 Å². The number of piperazine rings is 1. The summed E-state index contributed by atoms with van der Waals surface area (Å²) in [5.41, 5.74) is 9.28. The third kappa shape index (κ3) is 11.3. The number of carbonyl (C=O) groups excluding carboxylic acids is 3. The van der Waals surface area contributed by atoms with Crippen LogP contribution in [0.5, 0.6) is 11.5 Å². The first-order valence-corrected chi connectivity index (χ1v) is 23.1. The molecule has 3 fully saturated rings. The number of rotatable bonds is 16. The van der Waals surface area contributed by atoms with Crippen molar-refractivity contribution in [3.63, 3.8) is 0 Å². The second-order valence-corrected chi connectivity index (χ2v) is 18.6. The van der Waals surface area contributed by atoms with Crippen LogP contribution in [-0.2, 0) is 29.2 Å². The SMILES string of the molecule is COc1cc(CNC(=O)[C@@H]2CN(C(=O)Oc3ccc4ccccc4c3Cl)CCN2C(=O)[C@@H](CCCCN(C)C)N(C)C2CCC3(CC2)CCN(Cc2ccccc2)C3)ccc1CN. The first-order valence-electron chi connectivity index (χ1n) is 22.7. The monoisotopic (exact) mass is 879 g/mol. The lowest BCUT2D eigenvalue weighted by molar-refractivity contribution is -0.148. The van der Waals surface area contributed by atoms with Gasteiger partial charge < -0.3 is 35.2 Å². The van der Waals surface area contributed by atoms with E-state index in [0.29, 0.717) is 29.2 Å². The molecule has 2 aliphatic heterocycles. The minimum Gasteiger partial charge on any atom is -0.496 e. The Morgan fingerprint density at radius 3 is 2.40 bits per heavy atom. The number of ether oxygens (including phenoxy) is 2. The normalized spacial score (nSPS) is 21.0. The lowest BCUT2D eigenvalue weighted by atomic mass is 9.71. The van der Waals surface area contributed by atoms with Gasteiger partial charge in [0.1, 0.15) is 11.8 Å². The number of carbonyl (C=O) groups is 3. The van der Waals surface area contributed by atoms with Gasteiger partial charge in [-0.25, -0.2) is 4.79 Å². The summed E-state index contributed by atoms with van der Waals surface area (Å²) in [5, 5.41) is 5.12. The van der Waals surface area contributed by atoms with E-state index in [4.69, 9.17) is 26.8 Å². The molecule has 63 heavy (non-hydrogen) atoms. The molecule has 2 saturated heterocycles. The molecule has 13 heteroatoms. The fourth-order valence-electron chi connectivity index (χ4n) is 10.0. The first kappa shape index (κ1) is 46.3. The number of fused-ring (bicyclic) bond motifs is 1. The Hall–Kier alpha value is -4.72. The number of amides is 3. The number of nitrogens with zero attached hydrogens (tertiary/aromatic N) is 5. The molecule has 2 atom stereocenters. The second-order valence-electron chi connectivity index (χ2n) is 18.2. The highest BCUT2D eigenvalue weighted by atomic mass is 35.5. The summed E-state index contributed by atoms with van der Waals surface area (Å²) < 4.78 is 11.5. The van der Waals surface area contributed by atoms with Crippen LogP contribution in [0.15, 0.2) is 84.9 Å². The van der Waals surface area contributed by atoms with Crippen molar-refractivity contribution in [1.29, 1.82) is 0 Å². The Kier molecular flexibility index (Phi) is 15.7. The van der Waals surface area contributed by atoms with Crippen molar-refractivity contribution < 1.29 is 23.9 Å². The van der Waals surface area contributed by atoms with Crippen LogP contribution in [0.4, 0.5) is 4.79 Å². The largest absolute Gasteiger partial charge is 0.496 e. The molecule has 1 saturated carbocycles. The topological polar surface area (TPSA) is 124 Å². The summed E-state index contributed by atoms with van der Waals surface area (Å²) in [6.45, 7) is 5.05. The molecular weight excluding hydrogens is 814 g/mol. The maximum absolute atomic E-state index is 15.2. The number of likely N-dealkylation sites (N-methyl/N-ethyl adjacent to an activating group) is 1. The molecule has 2 heterocycles. The average molecular weight is 881 g/mol. The lowest BCUT2D eigenvalue weighted by Crippen LogP contribution is -2.64. The number of hydrogen-bond acceptors (Lipinski definition) is 9. The number of likely N-dealkylation sites (tertiary alicyclic amines) is 1. The Morgan fingerprint density at radius 2 is 1.65 bits per heavy atom. The Morgan fingerprint density at radius 1 is 0.889 bits per heavy atom. The highest BCUT2D eigenvalue weighted by Crippen LogP contribution is 2.45. The van der Waals surface area contributed by atoms with Crippen LogP contribution in [0, 0.1) is 5.41 Å². The summed E-state index contributed by atoms with van der Waals surface area (Å²) in [4.78, 5) is 53.8. The zero-order valence-corrected chi connectivity index (χ0v) is 38.3. The van der Waals surface area contributed by atoms with Gasteiger partial charge >= 0.3 is 6.09 Å². The van der Waals surface area contributed by atoms with Crippen molar-refractivity contribution >= 4 is 40.3 Å². The summed E-state index contributed by atoms with van der Waals surface area (Å²) in [6.07, 6.45) is 7.45. The Labute approximate surface area is 378 Å². The number of methoxy groups -OCH3 is 1. The standard InChI is InChI=1S/C50H66ClN7O5/c1-54(2)26-11-10-16-42(55(3)40-21-23-50(24-22-40)25-27-56(35-50)33-36-12-6-5-7-13-36)48(60)58-29-28-57(49(61)63-44-20-19-38-14-8-9-15-41(38)46(44)51)34-43(58)47(59)53-32-37-17-18-39(31-52)45(30-37)62-4/h5-9,12-15,17-20,30,40,42-43H,10-11,16,21-29,31-35,52H2,1-4H3,(H,53,59)/t40?,42-,43+,50?/m1/s1. The molecular formula is C50H66ClN7O5. The van der Waals surface area contributed by atoms with E-state index in [1.54, 1.807) is 18.1 Å². The van der Waals surface area contributed by atoms with Gasteiger partial charge in [-0.3, -0.25) is 19.4 Å². The number of benzene rings is 4. The molecule has 0 aromatic heterocycles. The van der Waals surface area contributed by atoms with Gasteiger partial charge in [0.05, 0.1) is 24.7 Å². The van der Waals surface area contributed by atoms with Crippen LogP contribution in [0.25, 0.3) is 10.8 Å². The van der Waals surface area contributed by atoms with Crippen molar-refractivity contribution in [1.82, 2.24) is 29.8 Å². The molecule has 3 aliphatic rings. The van der Waals surface area contributed by atoms with Gasteiger partial charge in [-0.15, -0.1) is 0 Å². The predicted octanol–water partition coefficient (Wildman–Crippen LogP) is 7.16. The smallest absolute Gasteiger partial charge is 0.415 e. The number of nitrogens with one attached hydrogen (secondary N) is 1. The molecule has 338 valence electrons. The van der Waals surface area contributed by atoms with E-state index >= 15 is 4.79 Å². The second kappa shape index (κ2) is 21.3. The summed E-state index contributed by atoms with van der Waals surface area (Å²) in [6, 6.07) is 26.5. The van der Waals surface area contributed by atoms with E-state index in [2.05, 4.69) is 71.5 Å². The first-order chi connectivity index (χ1) is 30.5. The minimum atomic E-state index is -0.947. The van der Waals surface area contributed by atoms with Crippen molar-refractivity contribution in [2.24, 2.45) is 11.1 Å². The van der Waals surface area contributed by atoms with Gasteiger partial charge in [0, 0.05) is 56.3 Å². The van der Waals surface area contributed by atoms with Crippen molar-refractivity contribution in [2.75, 3.05) is 67.5 Å². The lowest BCUT2D eigenvalue weighted by Gasteiger charge is -2.46. The Bertz CT molecular complexity index is 2180. The highest BCUT2D eigenvalue weighted by molar-refractivity contribution is 6.37. The third-order valence-electron chi connectivity index (χ3n) is 13.8. The molecule has 7 rings (SSSR count). The fraction of sp³-hybridized carbons (Fsp3) is 0.500. The zero-order chi connectivity index (χ0) is 44.5. The number of nitrogens with two attached hydrogens (primary N) is 1. The molecule has 1 aliphatic carbocycles. The van der Waals surface area contributed by atoms with Crippen LogP contribution >= 0.6 is 11.6 Å². The van der Waals surface area contributed by atoms with Crippen molar-refractivity contribution in [3.8, 4) is 11.5 Å². The number of hydrogen-bond donors (Lipinski definition) is 2. The van der Waals surface area contributed by atoms with Gasteiger partial charge in [-0.05, 0) is 113 Å². The van der Waals surface area contributed by atoms with E-state index < -0.39 is 18.2 Å². The maximum Gasteiger partial charge on any atom is 0.415 e. The van der Waals surface area contributed by atoms with Crippen molar-refractivity contribution in [3.05, 3.63) is 107 Å². The average Bonchev–Trinajstić information content (AvgIpc) is 3.69. The zero-order valence-electron chi connectivity index (χ0n) is 37.6. The number of unbranched alkanes of at least 4 members (excludes halogenated alkanes) is 1. The molecule has 3 amide bonds. The summed E-state index contributed by atoms with van der Waals surface area (Å²) >= 11 is 6.74. The third-order valence-corrected chi connectivity index (χ3v) is 14.1. The molecule has 0 radical (unpaired) electrons. The maximum atomic E-state index is 15.2. The minimum absolute atomic E-state index is 0.0282. The van der Waals surface area contributed by atoms with E-state index in [1.807, 2.05) is 48.5 Å². The molecule has 0 unspecified atom stereocenters. The molecule has 0 bridgehead atoms. The van der Waals surface area contributed by atoms with Crippen LogP contribution in [-0.4, -0.2) is 128 Å². The van der Waals surface area contributed by atoms with Crippen LogP contribution in [0.3, 0.4) is 0 Å². The molecule has 1 spiro atoms. The molecule has 4 aromatic rings. The number of halogens is 1. The predicted molar refractivity (Wildman–Crippen MR) is 250 cm³/mol. The van der Waals surface area contributed by atoms with Gasteiger partial charge in [0.2, 0.25) is 11.8 Å². The summed E-state index contributed by atoms with van der Waals surface area (Å²) in [7, 11) is 7.85.